The van der Waals surface area contributed by atoms with Crippen LogP contribution >= 0.6 is 11.3 Å². The van der Waals surface area contributed by atoms with Crippen molar-refractivity contribution in [2.24, 2.45) is 4.99 Å². The summed E-state index contributed by atoms with van der Waals surface area (Å²) in [6.45, 7) is 5.78. The van der Waals surface area contributed by atoms with Gasteiger partial charge in [0.05, 0.1) is 35.6 Å². The molecule has 4 rings (SSSR count). The number of benzene rings is 2. The van der Waals surface area contributed by atoms with Gasteiger partial charge in [0, 0.05) is 5.56 Å². The number of fused-ring (bicyclic) bond motifs is 1. The first kappa shape index (κ1) is 21.8. The second-order valence-corrected chi connectivity index (χ2v) is 8.46. The van der Waals surface area contributed by atoms with Gasteiger partial charge in [0.15, 0.2) is 4.80 Å². The van der Waals surface area contributed by atoms with E-state index in [2.05, 4.69) is 4.99 Å². The Kier molecular flexibility index (Phi) is 6.10. The smallest absolute Gasteiger partial charge is 0.338 e. The molecule has 0 aliphatic carbocycles. The Morgan fingerprint density at radius 1 is 1.16 bits per heavy atom. The molecule has 0 N–H and O–H groups in total. The molecule has 0 amide bonds. The predicted octanol–water partition coefficient (Wildman–Crippen LogP) is 3.12. The second-order valence-electron chi connectivity index (χ2n) is 7.45. The van der Waals surface area contributed by atoms with Crippen molar-refractivity contribution < 1.29 is 14.3 Å². The maximum atomic E-state index is 13.6. The van der Waals surface area contributed by atoms with Gasteiger partial charge in [-0.3, -0.25) is 9.36 Å². The van der Waals surface area contributed by atoms with E-state index in [1.54, 1.807) is 31.6 Å². The van der Waals surface area contributed by atoms with Gasteiger partial charge in [-0.1, -0.05) is 59.4 Å². The van der Waals surface area contributed by atoms with Gasteiger partial charge in [0.25, 0.3) is 5.56 Å². The van der Waals surface area contributed by atoms with Crippen molar-refractivity contribution in [2.75, 3.05) is 13.7 Å². The zero-order valence-electron chi connectivity index (χ0n) is 18.4. The first-order valence-corrected chi connectivity index (χ1v) is 11.2. The number of rotatable bonds is 5. The predicted molar refractivity (Wildman–Crippen MR) is 125 cm³/mol. The zero-order valence-corrected chi connectivity index (χ0v) is 19.2. The van der Waals surface area contributed by atoms with Crippen molar-refractivity contribution in [1.29, 1.82) is 0 Å². The highest BCUT2D eigenvalue weighted by Gasteiger charge is 2.33. The fourth-order valence-electron chi connectivity index (χ4n) is 3.78. The van der Waals surface area contributed by atoms with Crippen LogP contribution in [0.2, 0.25) is 0 Å². The molecule has 2 aromatic carbocycles. The summed E-state index contributed by atoms with van der Waals surface area (Å²) >= 11 is 1.29. The molecule has 0 saturated carbocycles. The lowest BCUT2D eigenvalue weighted by Crippen LogP contribution is -2.39. The van der Waals surface area contributed by atoms with Gasteiger partial charge in [-0.05, 0) is 38.5 Å². The SMILES string of the molecule is CCOC(=O)C1=C(C)N=c2s/c(=C\c3ccccc3OC)c(=O)n2[C@@H]1c1ccc(C)cc1. The molecule has 0 saturated heterocycles. The summed E-state index contributed by atoms with van der Waals surface area (Å²) in [6, 6.07) is 14.7. The maximum Gasteiger partial charge on any atom is 0.338 e. The van der Waals surface area contributed by atoms with Crippen LogP contribution in [0.1, 0.15) is 36.6 Å². The number of para-hydroxylation sites is 1. The molecule has 0 fully saturated rings. The standard InChI is InChI=1S/C25H24N2O4S/c1-5-31-24(29)21-16(3)26-25-27(22(21)17-12-10-15(2)11-13-17)23(28)20(32-25)14-18-8-6-7-9-19(18)30-4/h6-14,22H,5H2,1-4H3/b20-14-/t22-/m1/s1. The number of hydrogen-bond acceptors (Lipinski definition) is 6. The van der Waals surface area contributed by atoms with Crippen molar-refractivity contribution in [3.8, 4) is 5.75 Å². The lowest BCUT2D eigenvalue weighted by atomic mass is 9.95. The van der Waals surface area contributed by atoms with Crippen LogP contribution in [0, 0.1) is 6.92 Å². The van der Waals surface area contributed by atoms with Crippen molar-refractivity contribution >= 4 is 23.4 Å². The number of carbonyl (C=O) groups excluding carboxylic acids is 1. The lowest BCUT2D eigenvalue weighted by molar-refractivity contribution is -0.139. The molecule has 0 bridgehead atoms. The van der Waals surface area contributed by atoms with Crippen LogP contribution in [0.15, 0.2) is 69.6 Å². The van der Waals surface area contributed by atoms with E-state index in [0.29, 0.717) is 26.4 Å². The third-order valence-corrected chi connectivity index (χ3v) is 6.32. The highest BCUT2D eigenvalue weighted by molar-refractivity contribution is 7.07. The molecule has 0 spiro atoms. The molecule has 1 atom stereocenters. The van der Waals surface area contributed by atoms with Crippen molar-refractivity contribution in [1.82, 2.24) is 4.57 Å². The lowest BCUT2D eigenvalue weighted by Gasteiger charge is -2.24. The van der Waals surface area contributed by atoms with E-state index in [1.165, 1.54) is 11.3 Å². The number of allylic oxidation sites excluding steroid dienone is 1. The molecular formula is C25H24N2O4S. The number of nitrogens with zero attached hydrogens (tertiary/aromatic N) is 2. The number of ether oxygens (including phenoxy) is 2. The number of methoxy groups -OCH3 is 1. The number of carbonyl (C=O) groups is 1. The Balaban J connectivity index is 1.97. The maximum absolute atomic E-state index is 13.6. The summed E-state index contributed by atoms with van der Waals surface area (Å²) in [6.07, 6.45) is 1.80. The number of aromatic nitrogens is 1. The van der Waals surface area contributed by atoms with Crippen LogP contribution in [0.25, 0.3) is 6.08 Å². The first-order chi connectivity index (χ1) is 15.4. The highest BCUT2D eigenvalue weighted by Crippen LogP contribution is 2.30. The largest absolute Gasteiger partial charge is 0.496 e. The quantitative estimate of drug-likeness (QED) is 0.563. The van der Waals surface area contributed by atoms with Crippen LogP contribution < -0.4 is 19.6 Å². The summed E-state index contributed by atoms with van der Waals surface area (Å²) in [7, 11) is 1.60. The van der Waals surface area contributed by atoms with E-state index in [4.69, 9.17) is 9.47 Å². The van der Waals surface area contributed by atoms with Crippen molar-refractivity contribution in [2.45, 2.75) is 26.8 Å². The van der Waals surface area contributed by atoms with Crippen molar-refractivity contribution in [3.05, 3.63) is 96.2 Å². The molecule has 1 aromatic heterocycles. The number of aryl methyl sites for hydroxylation is 1. The number of thiazole rings is 1. The summed E-state index contributed by atoms with van der Waals surface area (Å²) in [5, 5.41) is 0. The molecule has 1 aliphatic rings. The van der Waals surface area contributed by atoms with E-state index in [-0.39, 0.29) is 12.2 Å². The Morgan fingerprint density at radius 2 is 1.88 bits per heavy atom. The van der Waals surface area contributed by atoms with Crippen LogP contribution in [-0.2, 0) is 9.53 Å². The zero-order chi connectivity index (χ0) is 22.8. The Labute approximate surface area is 189 Å². The monoisotopic (exact) mass is 448 g/mol. The van der Waals surface area contributed by atoms with Gasteiger partial charge in [-0.25, -0.2) is 9.79 Å². The molecule has 1 aliphatic heterocycles. The van der Waals surface area contributed by atoms with Gasteiger partial charge in [0.2, 0.25) is 0 Å². The molecule has 6 nitrogen and oxygen atoms in total. The van der Waals surface area contributed by atoms with Crippen molar-refractivity contribution in [3.63, 3.8) is 0 Å². The minimum Gasteiger partial charge on any atom is -0.496 e. The van der Waals surface area contributed by atoms with E-state index in [0.717, 1.165) is 16.7 Å². The minimum atomic E-state index is -0.606. The highest BCUT2D eigenvalue weighted by atomic mass is 32.1. The first-order valence-electron chi connectivity index (χ1n) is 10.3. The average Bonchev–Trinajstić information content (AvgIpc) is 3.08. The van der Waals surface area contributed by atoms with Gasteiger partial charge < -0.3 is 9.47 Å². The van der Waals surface area contributed by atoms with Gasteiger partial charge in [-0.2, -0.15) is 0 Å². The third kappa shape index (κ3) is 3.91. The second kappa shape index (κ2) is 8.96. The molecular weight excluding hydrogens is 424 g/mol. The van der Waals surface area contributed by atoms with E-state index < -0.39 is 12.0 Å². The van der Waals surface area contributed by atoms with Gasteiger partial charge in [0.1, 0.15) is 5.75 Å². The Bertz CT molecular complexity index is 1380. The minimum absolute atomic E-state index is 0.209. The molecule has 7 heteroatoms. The van der Waals surface area contributed by atoms with Crippen LogP contribution in [0.3, 0.4) is 0 Å². The summed E-state index contributed by atoms with van der Waals surface area (Å²) in [4.78, 5) is 31.6. The number of esters is 1. The van der Waals surface area contributed by atoms with Gasteiger partial charge in [-0.15, -0.1) is 0 Å². The summed E-state index contributed by atoms with van der Waals surface area (Å²) in [5.41, 5.74) is 3.45. The molecule has 2 heterocycles. The molecule has 0 radical (unpaired) electrons. The Hall–Kier alpha value is -3.45. The molecule has 32 heavy (non-hydrogen) atoms. The van der Waals surface area contributed by atoms with E-state index in [1.807, 2.05) is 55.5 Å². The topological polar surface area (TPSA) is 69.9 Å². The normalized spacial score (nSPS) is 15.9. The fourth-order valence-corrected chi connectivity index (χ4v) is 4.82. The fraction of sp³-hybridized carbons (Fsp3) is 0.240. The van der Waals surface area contributed by atoms with Gasteiger partial charge >= 0.3 is 5.97 Å². The summed E-state index contributed by atoms with van der Waals surface area (Å²) in [5.74, 6) is 0.218. The molecule has 3 aromatic rings. The molecule has 0 unspecified atom stereocenters. The number of hydrogen-bond donors (Lipinski definition) is 0. The average molecular weight is 449 g/mol. The third-order valence-electron chi connectivity index (χ3n) is 5.34. The van der Waals surface area contributed by atoms with Crippen LogP contribution in [0.4, 0.5) is 0 Å². The van der Waals surface area contributed by atoms with Crippen LogP contribution in [0.5, 0.6) is 5.75 Å². The van der Waals surface area contributed by atoms with Crippen LogP contribution in [-0.4, -0.2) is 24.3 Å². The Morgan fingerprint density at radius 3 is 2.56 bits per heavy atom. The molecule has 164 valence electrons. The van der Waals surface area contributed by atoms with E-state index >= 15 is 0 Å². The summed E-state index contributed by atoms with van der Waals surface area (Å²) < 4.78 is 12.9. The van der Waals surface area contributed by atoms with E-state index in [9.17, 15) is 9.59 Å².